The predicted molar refractivity (Wildman–Crippen MR) is 96.0 cm³/mol. The van der Waals surface area contributed by atoms with Crippen LogP contribution in [0.1, 0.15) is 41.9 Å². The summed E-state index contributed by atoms with van der Waals surface area (Å²) < 4.78 is 5.64. The van der Waals surface area contributed by atoms with E-state index in [1.165, 1.54) is 0 Å². The number of piperazine rings is 1. The summed E-state index contributed by atoms with van der Waals surface area (Å²) >= 11 is 12.0. The van der Waals surface area contributed by atoms with Crippen LogP contribution in [0.4, 0.5) is 0 Å². The Morgan fingerprint density at radius 3 is 2.52 bits per heavy atom. The Morgan fingerprint density at radius 2 is 1.92 bits per heavy atom. The number of amides is 1. The average molecular weight is 383 g/mol. The minimum atomic E-state index is -0.0683. The van der Waals surface area contributed by atoms with Crippen molar-refractivity contribution >= 4 is 29.1 Å². The second-order valence-electron chi connectivity index (χ2n) is 6.38. The molecule has 0 atom stereocenters. The van der Waals surface area contributed by atoms with Crippen LogP contribution in [0.5, 0.6) is 0 Å². The summed E-state index contributed by atoms with van der Waals surface area (Å²) in [4.78, 5) is 16.6. The number of carbonyl (C=O) groups is 1. The monoisotopic (exact) mass is 382 g/mol. The fourth-order valence-electron chi connectivity index (χ4n) is 2.70. The van der Waals surface area contributed by atoms with Crippen LogP contribution < -0.4 is 0 Å². The maximum absolute atomic E-state index is 12.6. The van der Waals surface area contributed by atoms with Crippen molar-refractivity contribution < 1.29 is 9.21 Å². The summed E-state index contributed by atoms with van der Waals surface area (Å²) in [6.07, 6.45) is 0. The number of aromatic nitrogens is 2. The second-order valence-corrected chi connectivity index (χ2v) is 7.22. The van der Waals surface area contributed by atoms with Crippen LogP contribution >= 0.6 is 23.2 Å². The van der Waals surface area contributed by atoms with E-state index in [4.69, 9.17) is 27.6 Å². The van der Waals surface area contributed by atoms with E-state index in [2.05, 4.69) is 15.1 Å². The molecule has 0 aliphatic carbocycles. The molecular formula is C17H20Cl2N4O2. The molecule has 0 spiro atoms. The van der Waals surface area contributed by atoms with Gasteiger partial charge in [-0.3, -0.25) is 9.69 Å². The van der Waals surface area contributed by atoms with E-state index in [0.717, 1.165) is 13.1 Å². The fourth-order valence-corrected chi connectivity index (χ4v) is 3.19. The fraction of sp³-hybridized carbons (Fsp3) is 0.471. The normalized spacial score (nSPS) is 15.8. The van der Waals surface area contributed by atoms with Gasteiger partial charge >= 0.3 is 0 Å². The van der Waals surface area contributed by atoms with Gasteiger partial charge in [0.2, 0.25) is 11.8 Å². The van der Waals surface area contributed by atoms with Crippen LogP contribution in [-0.4, -0.2) is 52.1 Å². The van der Waals surface area contributed by atoms with Crippen molar-refractivity contribution in [2.75, 3.05) is 26.2 Å². The molecule has 1 aliphatic rings. The second kappa shape index (κ2) is 7.72. The summed E-state index contributed by atoms with van der Waals surface area (Å²) in [6.45, 7) is 7.38. The third-order valence-corrected chi connectivity index (χ3v) is 4.70. The lowest BCUT2D eigenvalue weighted by molar-refractivity contribution is 0.0617. The molecular weight excluding hydrogens is 363 g/mol. The Kier molecular flexibility index (Phi) is 5.61. The number of benzene rings is 1. The predicted octanol–water partition coefficient (Wildman–Crippen LogP) is 3.46. The standard InChI is InChI=1S/C17H20Cl2N4O2/c1-11(2)16-21-20-15(25-16)10-22-5-7-23(8-6-22)17(24)13-4-3-12(18)9-14(13)19/h3-4,9,11H,5-8,10H2,1-2H3. The van der Waals surface area contributed by atoms with Crippen molar-refractivity contribution in [2.24, 2.45) is 0 Å². The Balaban J connectivity index is 1.56. The SMILES string of the molecule is CC(C)c1nnc(CN2CCN(C(=O)c3ccc(Cl)cc3Cl)CC2)o1. The van der Waals surface area contributed by atoms with Gasteiger partial charge < -0.3 is 9.32 Å². The molecule has 0 bridgehead atoms. The third kappa shape index (κ3) is 4.32. The maximum Gasteiger partial charge on any atom is 0.255 e. The molecule has 1 aromatic carbocycles. The van der Waals surface area contributed by atoms with Crippen LogP contribution in [0.2, 0.25) is 10.0 Å². The van der Waals surface area contributed by atoms with Crippen LogP contribution in [0.3, 0.4) is 0 Å². The number of nitrogens with zero attached hydrogens (tertiary/aromatic N) is 4. The molecule has 0 saturated carbocycles. The molecule has 25 heavy (non-hydrogen) atoms. The van der Waals surface area contributed by atoms with E-state index < -0.39 is 0 Å². The van der Waals surface area contributed by atoms with Gasteiger partial charge in [0, 0.05) is 37.1 Å². The molecule has 2 aromatic rings. The minimum Gasteiger partial charge on any atom is -0.424 e. The lowest BCUT2D eigenvalue weighted by Gasteiger charge is -2.34. The molecule has 1 aromatic heterocycles. The van der Waals surface area contributed by atoms with E-state index in [1.54, 1.807) is 23.1 Å². The first-order chi connectivity index (χ1) is 11.9. The summed E-state index contributed by atoms with van der Waals surface area (Å²) in [6, 6.07) is 4.94. The molecule has 0 unspecified atom stereocenters. The van der Waals surface area contributed by atoms with Gasteiger partial charge in [-0.1, -0.05) is 37.0 Å². The van der Waals surface area contributed by atoms with Gasteiger partial charge in [-0.25, -0.2) is 0 Å². The van der Waals surface area contributed by atoms with Crippen LogP contribution in [0.15, 0.2) is 22.6 Å². The van der Waals surface area contributed by atoms with Gasteiger partial charge in [-0.15, -0.1) is 10.2 Å². The quantitative estimate of drug-likeness (QED) is 0.809. The van der Waals surface area contributed by atoms with E-state index >= 15 is 0 Å². The first-order valence-electron chi connectivity index (χ1n) is 8.23. The van der Waals surface area contributed by atoms with Gasteiger partial charge in [0.25, 0.3) is 5.91 Å². The zero-order valence-electron chi connectivity index (χ0n) is 14.2. The summed E-state index contributed by atoms with van der Waals surface area (Å²) in [7, 11) is 0. The highest BCUT2D eigenvalue weighted by molar-refractivity contribution is 6.36. The average Bonchev–Trinajstić information content (AvgIpc) is 3.04. The maximum atomic E-state index is 12.6. The topological polar surface area (TPSA) is 62.5 Å². The van der Waals surface area contributed by atoms with Gasteiger partial charge in [-0.05, 0) is 18.2 Å². The number of halogens is 2. The number of rotatable bonds is 4. The zero-order valence-corrected chi connectivity index (χ0v) is 15.7. The smallest absolute Gasteiger partial charge is 0.255 e. The molecule has 1 amide bonds. The van der Waals surface area contributed by atoms with Crippen molar-refractivity contribution in [1.29, 1.82) is 0 Å². The molecule has 1 saturated heterocycles. The number of hydrogen-bond donors (Lipinski definition) is 0. The molecule has 1 fully saturated rings. The molecule has 0 N–H and O–H groups in total. The Hall–Kier alpha value is -1.63. The van der Waals surface area contributed by atoms with Crippen molar-refractivity contribution in [3.8, 4) is 0 Å². The Bertz CT molecular complexity index is 755. The van der Waals surface area contributed by atoms with Crippen molar-refractivity contribution in [3.05, 3.63) is 45.6 Å². The lowest BCUT2D eigenvalue weighted by atomic mass is 10.2. The summed E-state index contributed by atoms with van der Waals surface area (Å²) in [5.74, 6) is 1.42. The molecule has 6 nitrogen and oxygen atoms in total. The van der Waals surface area contributed by atoms with Crippen molar-refractivity contribution in [2.45, 2.75) is 26.3 Å². The molecule has 134 valence electrons. The number of hydrogen-bond acceptors (Lipinski definition) is 5. The highest BCUT2D eigenvalue weighted by Crippen LogP contribution is 2.23. The van der Waals surface area contributed by atoms with Gasteiger partial charge in [0.05, 0.1) is 17.1 Å². The lowest BCUT2D eigenvalue weighted by Crippen LogP contribution is -2.48. The van der Waals surface area contributed by atoms with Crippen LogP contribution in [-0.2, 0) is 6.54 Å². The molecule has 8 heteroatoms. The third-order valence-electron chi connectivity index (χ3n) is 4.16. The Morgan fingerprint density at radius 1 is 1.20 bits per heavy atom. The van der Waals surface area contributed by atoms with Crippen molar-refractivity contribution in [3.63, 3.8) is 0 Å². The minimum absolute atomic E-state index is 0.0683. The summed E-state index contributed by atoms with van der Waals surface area (Å²) in [5, 5.41) is 9.03. The Labute approximate surface area is 156 Å². The first-order valence-corrected chi connectivity index (χ1v) is 8.98. The van der Waals surface area contributed by atoms with Gasteiger partial charge in [-0.2, -0.15) is 0 Å². The zero-order chi connectivity index (χ0) is 18.0. The highest BCUT2D eigenvalue weighted by Gasteiger charge is 2.24. The van der Waals surface area contributed by atoms with Crippen LogP contribution in [0.25, 0.3) is 0 Å². The number of carbonyl (C=O) groups excluding carboxylic acids is 1. The van der Waals surface area contributed by atoms with Gasteiger partial charge in [0.15, 0.2) is 0 Å². The molecule has 3 rings (SSSR count). The molecule has 1 aliphatic heterocycles. The first kappa shape index (κ1) is 18.2. The van der Waals surface area contributed by atoms with E-state index in [9.17, 15) is 4.79 Å². The van der Waals surface area contributed by atoms with Crippen molar-refractivity contribution in [1.82, 2.24) is 20.0 Å². The largest absolute Gasteiger partial charge is 0.424 e. The van der Waals surface area contributed by atoms with E-state index in [0.29, 0.717) is 47.0 Å². The van der Waals surface area contributed by atoms with E-state index in [-0.39, 0.29) is 11.8 Å². The van der Waals surface area contributed by atoms with Crippen LogP contribution in [0, 0.1) is 0 Å². The molecule has 0 radical (unpaired) electrons. The van der Waals surface area contributed by atoms with E-state index in [1.807, 2.05) is 13.8 Å². The van der Waals surface area contributed by atoms with Gasteiger partial charge in [0.1, 0.15) is 0 Å². The summed E-state index contributed by atoms with van der Waals surface area (Å²) in [5.41, 5.74) is 0.484. The highest BCUT2D eigenvalue weighted by atomic mass is 35.5. The molecule has 2 heterocycles.